The van der Waals surface area contributed by atoms with E-state index >= 15 is 0 Å². The van der Waals surface area contributed by atoms with Crippen LogP contribution in [-0.2, 0) is 15.5 Å². The molecule has 0 spiro atoms. The number of rotatable bonds is 11. The van der Waals surface area contributed by atoms with E-state index in [0.717, 1.165) is 11.8 Å². The van der Waals surface area contributed by atoms with Crippen molar-refractivity contribution in [1.82, 2.24) is 4.90 Å². The maximum Gasteiger partial charge on any atom is 0.304 e. The fourth-order valence-corrected chi connectivity index (χ4v) is 4.08. The van der Waals surface area contributed by atoms with Crippen LogP contribution in [0.15, 0.2) is 42.5 Å². The third kappa shape index (κ3) is 7.12. The summed E-state index contributed by atoms with van der Waals surface area (Å²) >= 11 is 1.52. The zero-order valence-corrected chi connectivity index (χ0v) is 17.0. The van der Waals surface area contributed by atoms with E-state index in [0.29, 0.717) is 38.0 Å². The number of carboxylic acid groups (broad SMARTS) is 1. The van der Waals surface area contributed by atoms with Crippen LogP contribution in [0.5, 0.6) is 0 Å². The monoisotopic (exact) mass is 427 g/mol. The second kappa shape index (κ2) is 11.3. The molecule has 1 fully saturated rings. The maximum absolute atomic E-state index is 14.4. The number of piperidine rings is 1. The van der Waals surface area contributed by atoms with E-state index in [4.69, 9.17) is 5.11 Å². The van der Waals surface area contributed by atoms with E-state index in [1.54, 1.807) is 11.0 Å². The Labute approximate surface area is 173 Å². The molecule has 1 aromatic rings. The molecule has 160 valence electrons. The smallest absolute Gasteiger partial charge is 0.304 e. The molecule has 0 aromatic heterocycles. The summed E-state index contributed by atoms with van der Waals surface area (Å²) in [7, 11) is 0. The van der Waals surface area contributed by atoms with Crippen molar-refractivity contribution >= 4 is 23.6 Å². The number of amides is 1. The van der Waals surface area contributed by atoms with Crippen molar-refractivity contribution in [1.29, 1.82) is 0 Å². The summed E-state index contributed by atoms with van der Waals surface area (Å²) in [4.78, 5) is 24.5. The molecule has 1 aliphatic rings. The zero-order chi connectivity index (χ0) is 21.3. The number of carbonyl (C=O) groups is 2. The number of carbonyl (C=O) groups excluding carboxylic acids is 1. The molecule has 2 atom stereocenters. The van der Waals surface area contributed by atoms with Gasteiger partial charge in [0.15, 0.2) is 0 Å². The molecule has 1 heterocycles. The van der Waals surface area contributed by atoms with Crippen LogP contribution < -0.4 is 0 Å². The average molecular weight is 428 g/mol. The summed E-state index contributed by atoms with van der Waals surface area (Å²) in [6.07, 6.45) is 3.20. The number of hydrogen-bond acceptors (Lipinski definition) is 4. The van der Waals surface area contributed by atoms with Gasteiger partial charge in [0.2, 0.25) is 5.91 Å². The van der Waals surface area contributed by atoms with Gasteiger partial charge in [0.05, 0.1) is 12.5 Å². The number of aliphatic hydroxyl groups excluding tert-OH is 1. The highest BCUT2D eigenvalue weighted by Crippen LogP contribution is 2.32. The van der Waals surface area contributed by atoms with Crippen LogP contribution in [0.3, 0.4) is 0 Å². The van der Waals surface area contributed by atoms with Crippen molar-refractivity contribution < 1.29 is 28.6 Å². The molecule has 1 saturated heterocycles. The van der Waals surface area contributed by atoms with E-state index < -0.39 is 18.0 Å². The van der Waals surface area contributed by atoms with Gasteiger partial charge in [-0.1, -0.05) is 42.5 Å². The molecule has 29 heavy (non-hydrogen) atoms. The molecule has 0 radical (unpaired) electrons. The molecule has 1 amide bonds. The van der Waals surface area contributed by atoms with Gasteiger partial charge in [0.25, 0.3) is 0 Å². The number of aliphatic carboxylic acids is 1. The Bertz CT molecular complexity index is 699. The maximum atomic E-state index is 14.4. The summed E-state index contributed by atoms with van der Waals surface area (Å²) in [6, 6.07) is 6.85. The average Bonchev–Trinajstić information content (AvgIpc) is 2.70. The molecule has 2 rings (SSSR count). The van der Waals surface area contributed by atoms with Gasteiger partial charge in [-0.3, -0.25) is 9.59 Å². The number of benzene rings is 1. The number of likely N-dealkylation sites (tertiary alicyclic amines) is 1. The number of aliphatic hydroxyl groups is 1. The Hall–Kier alpha value is -1.93. The van der Waals surface area contributed by atoms with Crippen molar-refractivity contribution in [3.05, 3.63) is 48.0 Å². The molecule has 2 N–H and O–H groups in total. The number of halogens is 2. The minimum absolute atomic E-state index is 0.0225. The predicted molar refractivity (Wildman–Crippen MR) is 109 cm³/mol. The summed E-state index contributed by atoms with van der Waals surface area (Å²) in [5.74, 6) is -3.03. The lowest BCUT2D eigenvalue weighted by Gasteiger charge is -2.34. The van der Waals surface area contributed by atoms with Gasteiger partial charge in [0.1, 0.15) is 6.10 Å². The van der Waals surface area contributed by atoms with Gasteiger partial charge < -0.3 is 15.1 Å². The number of hydrogen-bond donors (Lipinski definition) is 2. The Morgan fingerprint density at radius 2 is 2.03 bits per heavy atom. The summed E-state index contributed by atoms with van der Waals surface area (Å²) < 4.78 is 28.9. The number of alkyl halides is 2. The lowest BCUT2D eigenvalue weighted by atomic mass is 9.98. The van der Waals surface area contributed by atoms with Crippen LogP contribution in [-0.4, -0.2) is 57.2 Å². The quantitative estimate of drug-likeness (QED) is 0.416. The van der Waals surface area contributed by atoms with Crippen LogP contribution in [0.1, 0.15) is 37.7 Å². The minimum Gasteiger partial charge on any atom is -0.481 e. The Balaban J connectivity index is 1.92. The molecule has 1 aliphatic heterocycles. The van der Waals surface area contributed by atoms with Crippen molar-refractivity contribution in [3.8, 4) is 0 Å². The number of thioether (sulfide) groups is 1. The molecular weight excluding hydrogens is 400 g/mol. The summed E-state index contributed by atoms with van der Waals surface area (Å²) in [5.41, 5.74) is -0.257. The van der Waals surface area contributed by atoms with E-state index in [9.17, 15) is 23.5 Å². The Morgan fingerprint density at radius 1 is 1.31 bits per heavy atom. The Kier molecular flexibility index (Phi) is 9.10. The molecule has 0 unspecified atom stereocenters. The van der Waals surface area contributed by atoms with Gasteiger partial charge in [-0.2, -0.15) is 20.5 Å². The SMILES string of the molecule is O=C(O)CCSCCCN1C(=O)CCC[C@@H]1/C=C/[C@H](O)C(F)(F)c1ccccc1. The standard InChI is InChI=1S/C21H27F2NO4S/c22-21(23,16-6-2-1-3-7-16)18(25)11-10-17-8-4-9-19(26)24(17)13-5-14-29-15-12-20(27)28/h1-3,6-7,10-11,17-18,25H,4-5,8-9,12-15H2,(H,27,28)/b11-10+/t17-,18+/m1/s1. The summed E-state index contributed by atoms with van der Waals surface area (Å²) in [5, 5.41) is 18.7. The highest BCUT2D eigenvalue weighted by Gasteiger charge is 2.39. The van der Waals surface area contributed by atoms with Crippen molar-refractivity contribution in [2.24, 2.45) is 0 Å². The van der Waals surface area contributed by atoms with Crippen LogP contribution in [0.2, 0.25) is 0 Å². The normalized spacial score (nSPS) is 18.9. The predicted octanol–water partition coefficient (Wildman–Crippen LogP) is 3.67. The number of carboxylic acids is 1. The van der Waals surface area contributed by atoms with Gasteiger partial charge in [-0.25, -0.2) is 0 Å². The third-order valence-corrected chi connectivity index (χ3v) is 5.88. The molecular formula is C21H27F2NO4S. The first-order valence-electron chi connectivity index (χ1n) is 9.71. The van der Waals surface area contributed by atoms with Gasteiger partial charge >= 0.3 is 11.9 Å². The highest BCUT2D eigenvalue weighted by molar-refractivity contribution is 7.99. The van der Waals surface area contributed by atoms with E-state index in [1.165, 1.54) is 42.1 Å². The van der Waals surface area contributed by atoms with Crippen LogP contribution in [0, 0.1) is 0 Å². The van der Waals surface area contributed by atoms with Crippen LogP contribution in [0.25, 0.3) is 0 Å². The van der Waals surface area contributed by atoms with Crippen molar-refractivity contribution in [3.63, 3.8) is 0 Å². The fourth-order valence-electron chi connectivity index (χ4n) is 3.22. The molecule has 0 aliphatic carbocycles. The third-order valence-electron chi connectivity index (χ3n) is 4.80. The van der Waals surface area contributed by atoms with Crippen LogP contribution in [0.4, 0.5) is 8.78 Å². The first kappa shape index (κ1) is 23.3. The number of nitrogens with zero attached hydrogens (tertiary/aromatic N) is 1. The van der Waals surface area contributed by atoms with E-state index in [-0.39, 0.29) is 23.9 Å². The molecule has 0 saturated carbocycles. The fraction of sp³-hybridized carbons (Fsp3) is 0.524. The van der Waals surface area contributed by atoms with Crippen molar-refractivity contribution in [2.75, 3.05) is 18.1 Å². The molecule has 1 aromatic carbocycles. The minimum atomic E-state index is -3.41. The molecule has 5 nitrogen and oxygen atoms in total. The summed E-state index contributed by atoms with van der Waals surface area (Å²) in [6.45, 7) is 0.485. The van der Waals surface area contributed by atoms with Crippen molar-refractivity contribution in [2.45, 2.75) is 50.2 Å². The van der Waals surface area contributed by atoms with Gasteiger partial charge in [0, 0.05) is 24.3 Å². The first-order chi connectivity index (χ1) is 13.8. The lowest BCUT2D eigenvalue weighted by molar-refractivity contribution is -0.136. The van der Waals surface area contributed by atoms with Gasteiger partial charge in [-0.15, -0.1) is 0 Å². The largest absolute Gasteiger partial charge is 0.481 e. The molecule has 8 heteroatoms. The molecule has 0 bridgehead atoms. The second-order valence-corrected chi connectivity index (χ2v) is 8.20. The van der Waals surface area contributed by atoms with E-state index in [2.05, 4.69) is 0 Å². The second-order valence-electron chi connectivity index (χ2n) is 6.98. The zero-order valence-electron chi connectivity index (χ0n) is 16.2. The lowest BCUT2D eigenvalue weighted by Crippen LogP contribution is -2.43. The van der Waals surface area contributed by atoms with Crippen LogP contribution >= 0.6 is 11.8 Å². The Morgan fingerprint density at radius 3 is 2.72 bits per heavy atom. The topological polar surface area (TPSA) is 77.8 Å². The van der Waals surface area contributed by atoms with E-state index in [1.807, 2.05) is 0 Å². The first-order valence-corrected chi connectivity index (χ1v) is 10.9. The highest BCUT2D eigenvalue weighted by atomic mass is 32.2. The van der Waals surface area contributed by atoms with Gasteiger partial charge in [-0.05, 0) is 25.0 Å².